The van der Waals surface area contributed by atoms with Crippen LogP contribution in [-0.4, -0.2) is 69.3 Å². The number of ether oxygens (including phenoxy) is 2. The van der Waals surface area contributed by atoms with E-state index < -0.39 is 9.84 Å². The molecule has 1 heterocycles. The Morgan fingerprint density at radius 2 is 2.12 bits per heavy atom. The van der Waals surface area contributed by atoms with Crippen molar-refractivity contribution in [2.24, 2.45) is 0 Å². The van der Waals surface area contributed by atoms with Crippen LogP contribution >= 0.6 is 0 Å². The minimum Gasteiger partial charge on any atom is -0.445 e. The van der Waals surface area contributed by atoms with Crippen LogP contribution in [0.2, 0.25) is 0 Å². The average Bonchev–Trinajstić information content (AvgIpc) is 2.65. The molecule has 1 fully saturated rings. The zero-order valence-electron chi connectivity index (χ0n) is 15.4. The maximum absolute atomic E-state index is 12.2. The van der Waals surface area contributed by atoms with Crippen molar-refractivity contribution >= 4 is 15.9 Å². The van der Waals surface area contributed by atoms with E-state index in [0.29, 0.717) is 26.2 Å². The fourth-order valence-corrected chi connectivity index (χ4v) is 3.82. The van der Waals surface area contributed by atoms with Gasteiger partial charge in [-0.05, 0) is 12.5 Å². The topological polar surface area (TPSA) is 84.9 Å². The molecule has 7 nitrogen and oxygen atoms in total. The number of hydrogen-bond acceptors (Lipinski definition) is 6. The third kappa shape index (κ3) is 6.93. The molecule has 1 saturated heterocycles. The average molecular weight is 384 g/mol. The molecule has 0 aliphatic carbocycles. The molecule has 2 atom stereocenters. The molecule has 2 rings (SSSR count). The molecule has 8 heteroatoms. The normalized spacial score (nSPS) is 19.2. The van der Waals surface area contributed by atoms with Gasteiger partial charge in [0, 0.05) is 24.9 Å². The molecule has 1 amide bonds. The number of carbonyl (C=O) groups is 1. The number of benzene rings is 1. The summed E-state index contributed by atoms with van der Waals surface area (Å²) in [4.78, 5) is 13.9. The highest BCUT2D eigenvalue weighted by Gasteiger charge is 2.26. The smallest absolute Gasteiger partial charge is 0.410 e. The van der Waals surface area contributed by atoms with Crippen molar-refractivity contribution in [2.75, 3.05) is 37.7 Å². The maximum atomic E-state index is 12.2. The summed E-state index contributed by atoms with van der Waals surface area (Å²) in [5.41, 5.74) is 0.943. The van der Waals surface area contributed by atoms with Crippen LogP contribution in [0.15, 0.2) is 30.3 Å². The second kappa shape index (κ2) is 9.89. The SMILES string of the molecule is CCS(=O)(=O)CC(C)NCC1CN(C(=O)OCc2ccccc2)CCO1. The number of nitrogens with zero attached hydrogens (tertiary/aromatic N) is 1. The van der Waals surface area contributed by atoms with Gasteiger partial charge in [0.15, 0.2) is 9.84 Å². The summed E-state index contributed by atoms with van der Waals surface area (Å²) in [6.45, 7) is 5.56. The molecule has 2 unspecified atom stereocenters. The van der Waals surface area contributed by atoms with E-state index in [4.69, 9.17) is 9.47 Å². The Morgan fingerprint density at radius 3 is 2.81 bits per heavy atom. The molecule has 1 aliphatic heterocycles. The minimum atomic E-state index is -3.02. The zero-order chi connectivity index (χ0) is 19.0. The fraction of sp³-hybridized carbons (Fsp3) is 0.611. The number of morpholine rings is 1. The van der Waals surface area contributed by atoms with Crippen LogP contribution in [0.4, 0.5) is 4.79 Å². The molecule has 1 N–H and O–H groups in total. The van der Waals surface area contributed by atoms with Gasteiger partial charge in [-0.15, -0.1) is 0 Å². The summed E-state index contributed by atoms with van der Waals surface area (Å²) in [7, 11) is -3.02. The highest BCUT2D eigenvalue weighted by atomic mass is 32.2. The number of nitrogens with one attached hydrogen (secondary N) is 1. The Morgan fingerprint density at radius 1 is 1.38 bits per heavy atom. The Labute approximate surface area is 155 Å². The van der Waals surface area contributed by atoms with Gasteiger partial charge in [0.1, 0.15) is 6.61 Å². The van der Waals surface area contributed by atoms with E-state index in [1.807, 2.05) is 37.3 Å². The molecular formula is C18H28N2O5S. The first-order chi connectivity index (χ1) is 12.4. The molecule has 0 aromatic heterocycles. The lowest BCUT2D eigenvalue weighted by Crippen LogP contribution is -2.50. The van der Waals surface area contributed by atoms with Crippen molar-refractivity contribution in [1.29, 1.82) is 0 Å². The fourth-order valence-electron chi connectivity index (χ4n) is 2.71. The van der Waals surface area contributed by atoms with Crippen molar-refractivity contribution < 1.29 is 22.7 Å². The van der Waals surface area contributed by atoms with Gasteiger partial charge >= 0.3 is 6.09 Å². The second-order valence-corrected chi connectivity index (χ2v) is 8.89. The van der Waals surface area contributed by atoms with Crippen molar-refractivity contribution in [3.8, 4) is 0 Å². The van der Waals surface area contributed by atoms with Gasteiger partial charge in [0.05, 0.1) is 25.0 Å². The number of hydrogen-bond donors (Lipinski definition) is 1. The van der Waals surface area contributed by atoms with E-state index in [0.717, 1.165) is 5.56 Å². The molecule has 26 heavy (non-hydrogen) atoms. The number of sulfone groups is 1. The number of amides is 1. The lowest BCUT2D eigenvalue weighted by molar-refractivity contribution is -0.0276. The quantitative estimate of drug-likeness (QED) is 0.730. The summed E-state index contributed by atoms with van der Waals surface area (Å²) in [6.07, 6.45) is -0.538. The molecule has 1 aliphatic rings. The Bertz CT molecular complexity index is 665. The molecule has 1 aromatic rings. The largest absolute Gasteiger partial charge is 0.445 e. The van der Waals surface area contributed by atoms with Gasteiger partial charge in [0.25, 0.3) is 0 Å². The molecule has 146 valence electrons. The summed E-state index contributed by atoms with van der Waals surface area (Å²) < 4.78 is 34.3. The molecular weight excluding hydrogens is 356 g/mol. The van der Waals surface area contributed by atoms with Crippen LogP contribution in [0.25, 0.3) is 0 Å². The van der Waals surface area contributed by atoms with Gasteiger partial charge in [0.2, 0.25) is 0 Å². The molecule has 0 radical (unpaired) electrons. The summed E-state index contributed by atoms with van der Waals surface area (Å²) >= 11 is 0. The Balaban J connectivity index is 1.74. The van der Waals surface area contributed by atoms with E-state index in [9.17, 15) is 13.2 Å². The summed E-state index contributed by atoms with van der Waals surface area (Å²) in [6, 6.07) is 9.37. The summed E-state index contributed by atoms with van der Waals surface area (Å²) in [5, 5.41) is 3.18. The van der Waals surface area contributed by atoms with Gasteiger partial charge in [-0.2, -0.15) is 0 Å². The van der Waals surface area contributed by atoms with E-state index >= 15 is 0 Å². The summed E-state index contributed by atoms with van der Waals surface area (Å²) in [5.74, 6) is 0.235. The highest BCUT2D eigenvalue weighted by Crippen LogP contribution is 2.09. The van der Waals surface area contributed by atoms with Crippen LogP contribution in [-0.2, 0) is 25.9 Å². The monoisotopic (exact) mass is 384 g/mol. The van der Waals surface area contributed by atoms with Crippen LogP contribution in [0, 0.1) is 0 Å². The van der Waals surface area contributed by atoms with Crippen molar-refractivity contribution in [2.45, 2.75) is 32.6 Å². The van der Waals surface area contributed by atoms with E-state index in [1.165, 1.54) is 0 Å². The zero-order valence-corrected chi connectivity index (χ0v) is 16.2. The van der Waals surface area contributed by atoms with Crippen molar-refractivity contribution in [3.63, 3.8) is 0 Å². The lowest BCUT2D eigenvalue weighted by Gasteiger charge is -2.33. The van der Waals surface area contributed by atoms with E-state index in [1.54, 1.807) is 11.8 Å². The van der Waals surface area contributed by atoms with Crippen LogP contribution < -0.4 is 5.32 Å². The van der Waals surface area contributed by atoms with Crippen molar-refractivity contribution in [3.05, 3.63) is 35.9 Å². The lowest BCUT2D eigenvalue weighted by atomic mass is 10.2. The Hall–Kier alpha value is -1.64. The third-order valence-corrected chi connectivity index (χ3v) is 6.13. The predicted octanol–water partition coefficient (Wildman–Crippen LogP) is 1.44. The van der Waals surface area contributed by atoms with Crippen molar-refractivity contribution in [1.82, 2.24) is 10.2 Å². The molecule has 0 spiro atoms. The first-order valence-electron chi connectivity index (χ1n) is 8.90. The molecule has 1 aromatic carbocycles. The third-order valence-electron chi connectivity index (χ3n) is 4.24. The van der Waals surface area contributed by atoms with Crippen LogP contribution in [0.5, 0.6) is 0 Å². The first-order valence-corrected chi connectivity index (χ1v) is 10.7. The number of carbonyl (C=O) groups excluding carboxylic acids is 1. The van der Waals surface area contributed by atoms with Crippen LogP contribution in [0.3, 0.4) is 0 Å². The number of rotatable bonds is 8. The van der Waals surface area contributed by atoms with Crippen LogP contribution in [0.1, 0.15) is 19.4 Å². The van der Waals surface area contributed by atoms with E-state index in [-0.39, 0.29) is 36.4 Å². The standard InChI is InChI=1S/C18H28N2O5S/c1-3-26(22,23)14-15(2)19-11-17-12-20(9-10-24-17)18(21)25-13-16-7-5-4-6-8-16/h4-8,15,17,19H,3,9-14H2,1-2H3. The minimum absolute atomic E-state index is 0.0963. The second-order valence-electron chi connectivity index (χ2n) is 6.49. The molecule has 0 bridgehead atoms. The van der Waals surface area contributed by atoms with E-state index in [2.05, 4.69) is 5.32 Å². The van der Waals surface area contributed by atoms with Gasteiger partial charge in [-0.3, -0.25) is 0 Å². The molecule has 0 saturated carbocycles. The Kier molecular flexibility index (Phi) is 7.86. The maximum Gasteiger partial charge on any atom is 0.410 e. The highest BCUT2D eigenvalue weighted by molar-refractivity contribution is 7.91. The van der Waals surface area contributed by atoms with Gasteiger partial charge in [-0.1, -0.05) is 37.3 Å². The van der Waals surface area contributed by atoms with Gasteiger partial charge in [-0.25, -0.2) is 13.2 Å². The predicted molar refractivity (Wildman–Crippen MR) is 99.7 cm³/mol. The first kappa shape index (κ1) is 20.7. The van der Waals surface area contributed by atoms with Gasteiger partial charge < -0.3 is 19.7 Å².